The van der Waals surface area contributed by atoms with Crippen LogP contribution in [0.25, 0.3) is 0 Å². The zero-order valence-electron chi connectivity index (χ0n) is 11.1. The van der Waals surface area contributed by atoms with Crippen LogP contribution in [0.2, 0.25) is 0 Å². The Morgan fingerprint density at radius 3 is 2.65 bits per heavy atom. The molecule has 0 bridgehead atoms. The van der Waals surface area contributed by atoms with E-state index in [0.29, 0.717) is 6.54 Å². The Balaban J connectivity index is 2.09. The first-order valence-corrected chi connectivity index (χ1v) is 6.21. The van der Waals surface area contributed by atoms with Gasteiger partial charge in [-0.2, -0.15) is 0 Å². The number of aromatic nitrogens is 1. The summed E-state index contributed by atoms with van der Waals surface area (Å²) < 4.78 is 4.81. The summed E-state index contributed by atoms with van der Waals surface area (Å²) in [6.07, 6.45) is 1.37. The SMILES string of the molecule is COC(=O)C(NCc1ccc(O)cn1)c1ccccc1. The van der Waals surface area contributed by atoms with Gasteiger partial charge in [-0.1, -0.05) is 30.3 Å². The highest BCUT2D eigenvalue weighted by Gasteiger charge is 2.20. The summed E-state index contributed by atoms with van der Waals surface area (Å²) in [5.41, 5.74) is 1.56. The second-order valence-electron chi connectivity index (χ2n) is 4.26. The fourth-order valence-corrected chi connectivity index (χ4v) is 1.83. The van der Waals surface area contributed by atoms with E-state index in [1.54, 1.807) is 12.1 Å². The molecule has 0 spiro atoms. The smallest absolute Gasteiger partial charge is 0.327 e. The van der Waals surface area contributed by atoms with Crippen molar-refractivity contribution in [1.82, 2.24) is 10.3 Å². The molecule has 1 heterocycles. The summed E-state index contributed by atoms with van der Waals surface area (Å²) in [6, 6.07) is 12.0. The van der Waals surface area contributed by atoms with Gasteiger partial charge in [0, 0.05) is 6.54 Å². The number of carbonyl (C=O) groups is 1. The molecule has 104 valence electrons. The Bertz CT molecular complexity index is 555. The number of methoxy groups -OCH3 is 1. The normalized spacial score (nSPS) is 11.8. The van der Waals surface area contributed by atoms with E-state index in [9.17, 15) is 9.90 Å². The molecule has 0 saturated carbocycles. The molecule has 0 aliphatic heterocycles. The minimum atomic E-state index is -0.545. The van der Waals surface area contributed by atoms with Gasteiger partial charge in [-0.3, -0.25) is 10.3 Å². The molecular formula is C15H16N2O3. The second-order valence-corrected chi connectivity index (χ2v) is 4.26. The van der Waals surface area contributed by atoms with E-state index in [1.165, 1.54) is 13.3 Å². The van der Waals surface area contributed by atoms with Crippen LogP contribution in [0, 0.1) is 0 Å². The Morgan fingerprint density at radius 1 is 1.30 bits per heavy atom. The molecule has 1 aromatic carbocycles. The molecule has 0 radical (unpaired) electrons. The van der Waals surface area contributed by atoms with Crippen LogP contribution >= 0.6 is 0 Å². The molecule has 1 atom stereocenters. The Hall–Kier alpha value is -2.40. The third kappa shape index (κ3) is 3.55. The predicted octanol–water partition coefficient (Wildman–Crippen LogP) is 1.79. The van der Waals surface area contributed by atoms with Gasteiger partial charge in [0.25, 0.3) is 0 Å². The molecule has 20 heavy (non-hydrogen) atoms. The summed E-state index contributed by atoms with van der Waals surface area (Å²) in [4.78, 5) is 15.9. The number of aromatic hydroxyl groups is 1. The Labute approximate surface area is 117 Å². The van der Waals surface area contributed by atoms with Crippen LogP contribution in [0.1, 0.15) is 17.3 Å². The standard InChI is InChI=1S/C15H16N2O3/c1-20-15(19)14(11-5-3-2-4-6-11)17-9-12-7-8-13(18)10-16-12/h2-8,10,14,17-18H,9H2,1H3. The quantitative estimate of drug-likeness (QED) is 0.812. The van der Waals surface area contributed by atoms with E-state index in [1.807, 2.05) is 30.3 Å². The molecule has 2 aromatic rings. The van der Waals surface area contributed by atoms with E-state index in [2.05, 4.69) is 10.3 Å². The number of carbonyl (C=O) groups excluding carboxylic acids is 1. The highest BCUT2D eigenvalue weighted by Crippen LogP contribution is 2.15. The van der Waals surface area contributed by atoms with Crippen LogP contribution in [-0.2, 0) is 16.1 Å². The molecule has 0 aliphatic carbocycles. The fraction of sp³-hybridized carbons (Fsp3) is 0.200. The van der Waals surface area contributed by atoms with Crippen LogP contribution in [-0.4, -0.2) is 23.2 Å². The molecule has 0 amide bonds. The summed E-state index contributed by atoms with van der Waals surface area (Å²) in [5, 5.41) is 12.3. The van der Waals surface area contributed by atoms with E-state index in [0.717, 1.165) is 11.3 Å². The Morgan fingerprint density at radius 2 is 2.05 bits per heavy atom. The maximum absolute atomic E-state index is 11.8. The first-order valence-electron chi connectivity index (χ1n) is 6.21. The van der Waals surface area contributed by atoms with Crippen LogP contribution in [0.15, 0.2) is 48.7 Å². The van der Waals surface area contributed by atoms with Crippen molar-refractivity contribution in [2.75, 3.05) is 7.11 Å². The summed E-state index contributed by atoms with van der Waals surface area (Å²) >= 11 is 0. The number of ether oxygens (including phenoxy) is 1. The van der Waals surface area contributed by atoms with Gasteiger partial charge in [0.05, 0.1) is 19.0 Å². The fourth-order valence-electron chi connectivity index (χ4n) is 1.83. The molecule has 0 fully saturated rings. The number of rotatable bonds is 5. The van der Waals surface area contributed by atoms with Crippen molar-refractivity contribution >= 4 is 5.97 Å². The predicted molar refractivity (Wildman–Crippen MR) is 73.9 cm³/mol. The Kier molecular flexibility index (Phi) is 4.68. The molecular weight excluding hydrogens is 256 g/mol. The number of nitrogens with zero attached hydrogens (tertiary/aromatic N) is 1. The highest BCUT2D eigenvalue weighted by molar-refractivity contribution is 5.77. The van der Waals surface area contributed by atoms with E-state index >= 15 is 0 Å². The molecule has 2 rings (SSSR count). The lowest BCUT2D eigenvalue weighted by Crippen LogP contribution is -2.29. The molecule has 5 nitrogen and oxygen atoms in total. The molecule has 1 aromatic heterocycles. The lowest BCUT2D eigenvalue weighted by molar-refractivity contribution is -0.143. The van der Waals surface area contributed by atoms with Crippen LogP contribution in [0.3, 0.4) is 0 Å². The topological polar surface area (TPSA) is 71.5 Å². The van der Waals surface area contributed by atoms with Crippen molar-refractivity contribution in [3.05, 3.63) is 59.9 Å². The first kappa shape index (κ1) is 14.0. The van der Waals surface area contributed by atoms with Crippen molar-refractivity contribution in [3.8, 4) is 5.75 Å². The molecule has 2 N–H and O–H groups in total. The highest BCUT2D eigenvalue weighted by atomic mass is 16.5. The lowest BCUT2D eigenvalue weighted by atomic mass is 10.1. The number of esters is 1. The summed E-state index contributed by atoms with van der Waals surface area (Å²) in [7, 11) is 1.36. The number of hydrogen-bond donors (Lipinski definition) is 2. The summed E-state index contributed by atoms with van der Waals surface area (Å²) in [5.74, 6) is -0.240. The van der Waals surface area contributed by atoms with Crippen molar-refractivity contribution in [2.24, 2.45) is 0 Å². The van der Waals surface area contributed by atoms with Crippen molar-refractivity contribution in [2.45, 2.75) is 12.6 Å². The van der Waals surface area contributed by atoms with E-state index in [-0.39, 0.29) is 11.7 Å². The van der Waals surface area contributed by atoms with Crippen LogP contribution < -0.4 is 5.32 Å². The lowest BCUT2D eigenvalue weighted by Gasteiger charge is -2.16. The minimum absolute atomic E-state index is 0.112. The van der Waals surface area contributed by atoms with Crippen LogP contribution in [0.4, 0.5) is 0 Å². The zero-order chi connectivity index (χ0) is 14.4. The second kappa shape index (κ2) is 6.68. The number of benzene rings is 1. The average molecular weight is 272 g/mol. The minimum Gasteiger partial charge on any atom is -0.506 e. The van der Waals surface area contributed by atoms with Gasteiger partial charge < -0.3 is 9.84 Å². The first-order chi connectivity index (χ1) is 9.70. The zero-order valence-corrected chi connectivity index (χ0v) is 11.1. The number of hydrogen-bond acceptors (Lipinski definition) is 5. The van der Waals surface area contributed by atoms with Gasteiger partial charge in [-0.25, -0.2) is 4.79 Å². The van der Waals surface area contributed by atoms with Crippen molar-refractivity contribution in [1.29, 1.82) is 0 Å². The molecule has 0 aliphatic rings. The van der Waals surface area contributed by atoms with Gasteiger partial charge in [-0.05, 0) is 17.7 Å². The number of pyridine rings is 1. The third-order valence-corrected chi connectivity index (χ3v) is 2.87. The maximum atomic E-state index is 11.8. The van der Waals surface area contributed by atoms with E-state index in [4.69, 9.17) is 4.74 Å². The van der Waals surface area contributed by atoms with Crippen molar-refractivity contribution in [3.63, 3.8) is 0 Å². The monoisotopic (exact) mass is 272 g/mol. The van der Waals surface area contributed by atoms with Crippen molar-refractivity contribution < 1.29 is 14.6 Å². The molecule has 0 saturated heterocycles. The van der Waals surface area contributed by atoms with Gasteiger partial charge in [0.2, 0.25) is 0 Å². The molecule has 5 heteroatoms. The van der Waals surface area contributed by atoms with Gasteiger partial charge in [0.15, 0.2) is 0 Å². The van der Waals surface area contributed by atoms with Gasteiger partial charge in [-0.15, -0.1) is 0 Å². The van der Waals surface area contributed by atoms with Crippen LogP contribution in [0.5, 0.6) is 5.75 Å². The third-order valence-electron chi connectivity index (χ3n) is 2.87. The number of nitrogens with one attached hydrogen (secondary N) is 1. The largest absolute Gasteiger partial charge is 0.506 e. The average Bonchev–Trinajstić information content (AvgIpc) is 2.50. The van der Waals surface area contributed by atoms with Gasteiger partial charge >= 0.3 is 5.97 Å². The molecule has 1 unspecified atom stereocenters. The van der Waals surface area contributed by atoms with Gasteiger partial charge in [0.1, 0.15) is 11.8 Å². The van der Waals surface area contributed by atoms with E-state index < -0.39 is 6.04 Å². The summed E-state index contributed by atoms with van der Waals surface area (Å²) in [6.45, 7) is 0.398. The maximum Gasteiger partial charge on any atom is 0.327 e.